The van der Waals surface area contributed by atoms with Crippen LogP contribution in [0, 0.1) is 12.8 Å². The van der Waals surface area contributed by atoms with E-state index in [1.54, 1.807) is 0 Å². The first-order chi connectivity index (χ1) is 8.72. The van der Waals surface area contributed by atoms with E-state index in [-0.39, 0.29) is 0 Å². The molecule has 1 aromatic rings. The van der Waals surface area contributed by atoms with Crippen LogP contribution in [-0.4, -0.2) is 30.6 Å². The number of piperidine rings is 3. The van der Waals surface area contributed by atoms with Crippen LogP contribution in [0.1, 0.15) is 36.9 Å². The van der Waals surface area contributed by atoms with Gasteiger partial charge in [-0.25, -0.2) is 0 Å². The van der Waals surface area contributed by atoms with Crippen LogP contribution in [0.5, 0.6) is 0 Å². The van der Waals surface area contributed by atoms with Crippen LogP contribution in [0.2, 0.25) is 0 Å². The van der Waals surface area contributed by atoms with Gasteiger partial charge in [-0.15, -0.1) is 0 Å². The fourth-order valence-electron chi connectivity index (χ4n) is 3.43. The monoisotopic (exact) mass is 244 g/mol. The van der Waals surface area contributed by atoms with Crippen LogP contribution in [0.15, 0.2) is 24.3 Å². The minimum Gasteiger partial charge on any atom is -0.306 e. The predicted molar refractivity (Wildman–Crippen MR) is 75.7 cm³/mol. The van der Waals surface area contributed by atoms with Crippen LogP contribution in [0.3, 0.4) is 0 Å². The van der Waals surface area contributed by atoms with Gasteiger partial charge in [0.15, 0.2) is 0 Å². The Hall–Kier alpha value is -0.860. The van der Waals surface area contributed by atoms with Crippen molar-refractivity contribution in [3.63, 3.8) is 0 Å². The Labute approximate surface area is 110 Å². The summed E-state index contributed by atoms with van der Waals surface area (Å²) in [6.07, 6.45) is 2.77. The van der Waals surface area contributed by atoms with E-state index in [9.17, 15) is 0 Å². The van der Waals surface area contributed by atoms with E-state index in [2.05, 4.69) is 48.3 Å². The molecule has 2 atom stereocenters. The molecule has 2 nitrogen and oxygen atoms in total. The van der Waals surface area contributed by atoms with Crippen molar-refractivity contribution in [3.8, 4) is 0 Å². The van der Waals surface area contributed by atoms with Gasteiger partial charge in [-0.1, -0.05) is 29.8 Å². The zero-order valence-electron chi connectivity index (χ0n) is 11.5. The van der Waals surface area contributed by atoms with Crippen molar-refractivity contribution in [1.29, 1.82) is 0 Å². The molecular weight excluding hydrogens is 220 g/mol. The van der Waals surface area contributed by atoms with E-state index in [0.29, 0.717) is 12.1 Å². The molecule has 1 unspecified atom stereocenters. The predicted octanol–water partition coefficient (Wildman–Crippen LogP) is 2.74. The van der Waals surface area contributed by atoms with E-state index >= 15 is 0 Å². The maximum absolute atomic E-state index is 3.84. The minimum absolute atomic E-state index is 0.469. The van der Waals surface area contributed by atoms with Crippen molar-refractivity contribution in [2.45, 2.75) is 38.8 Å². The van der Waals surface area contributed by atoms with E-state index in [4.69, 9.17) is 0 Å². The molecule has 0 aliphatic carbocycles. The number of rotatable bonds is 3. The molecule has 1 N–H and O–H groups in total. The average Bonchev–Trinajstić information content (AvgIpc) is 2.41. The molecule has 4 rings (SSSR count). The first kappa shape index (κ1) is 12.2. The number of fused-ring (bicyclic) bond motifs is 3. The maximum atomic E-state index is 3.84. The topological polar surface area (TPSA) is 15.3 Å². The number of nitrogens with one attached hydrogen (secondary N) is 1. The Morgan fingerprint density at radius 1 is 1.17 bits per heavy atom. The Kier molecular flexibility index (Phi) is 3.40. The molecule has 0 spiro atoms. The molecular formula is C16H24N2. The summed E-state index contributed by atoms with van der Waals surface area (Å²) in [4.78, 5) is 2.61. The molecule has 0 saturated carbocycles. The second kappa shape index (κ2) is 5.02. The third kappa shape index (κ3) is 2.45. The summed E-state index contributed by atoms with van der Waals surface area (Å²) in [5, 5.41) is 3.84. The summed E-state index contributed by atoms with van der Waals surface area (Å²) in [6.45, 7) is 8.34. The maximum Gasteiger partial charge on any atom is 0.0295 e. The highest BCUT2D eigenvalue weighted by Crippen LogP contribution is 2.29. The van der Waals surface area contributed by atoms with Crippen LogP contribution >= 0.6 is 0 Å². The standard InChI is InChI=1S/C16H24N2/c1-12-3-5-14(6-4-12)13(2)17-16-11-18-9-7-15(16)8-10-18/h3-6,13,15-17H,7-11H2,1-2H3/t13-,16?/m0/s1. The lowest BCUT2D eigenvalue weighted by atomic mass is 9.83. The van der Waals surface area contributed by atoms with E-state index in [1.807, 2.05) is 0 Å². The van der Waals surface area contributed by atoms with Gasteiger partial charge in [0.25, 0.3) is 0 Å². The van der Waals surface area contributed by atoms with Gasteiger partial charge in [-0.05, 0) is 51.3 Å². The molecule has 0 aromatic heterocycles. The highest BCUT2D eigenvalue weighted by Gasteiger charge is 2.34. The van der Waals surface area contributed by atoms with Gasteiger partial charge in [-0.3, -0.25) is 0 Å². The van der Waals surface area contributed by atoms with Gasteiger partial charge in [0.2, 0.25) is 0 Å². The van der Waals surface area contributed by atoms with Gasteiger partial charge in [0.05, 0.1) is 0 Å². The molecule has 18 heavy (non-hydrogen) atoms. The lowest BCUT2D eigenvalue weighted by molar-refractivity contribution is 0.0680. The van der Waals surface area contributed by atoms with E-state index in [1.165, 1.54) is 43.6 Å². The van der Waals surface area contributed by atoms with Crippen LogP contribution < -0.4 is 5.32 Å². The fraction of sp³-hybridized carbons (Fsp3) is 0.625. The summed E-state index contributed by atoms with van der Waals surface area (Å²) in [5.74, 6) is 0.905. The van der Waals surface area contributed by atoms with Crippen LogP contribution in [-0.2, 0) is 0 Å². The smallest absolute Gasteiger partial charge is 0.0295 e. The Morgan fingerprint density at radius 2 is 1.83 bits per heavy atom. The van der Waals surface area contributed by atoms with Gasteiger partial charge in [0.1, 0.15) is 0 Å². The third-order valence-electron chi connectivity index (χ3n) is 4.70. The van der Waals surface area contributed by atoms with Crippen molar-refractivity contribution < 1.29 is 0 Å². The lowest BCUT2D eigenvalue weighted by Gasteiger charge is -2.46. The van der Waals surface area contributed by atoms with Gasteiger partial charge < -0.3 is 10.2 Å². The second-order valence-corrected chi connectivity index (χ2v) is 6.04. The number of hydrogen-bond acceptors (Lipinski definition) is 2. The average molecular weight is 244 g/mol. The number of hydrogen-bond donors (Lipinski definition) is 1. The third-order valence-corrected chi connectivity index (χ3v) is 4.70. The highest BCUT2D eigenvalue weighted by atomic mass is 15.2. The molecule has 2 heteroatoms. The molecule has 3 aliphatic heterocycles. The zero-order valence-corrected chi connectivity index (χ0v) is 11.5. The number of benzene rings is 1. The van der Waals surface area contributed by atoms with Gasteiger partial charge in [-0.2, -0.15) is 0 Å². The fourth-order valence-corrected chi connectivity index (χ4v) is 3.43. The van der Waals surface area contributed by atoms with Crippen molar-refractivity contribution in [1.82, 2.24) is 10.2 Å². The van der Waals surface area contributed by atoms with Gasteiger partial charge >= 0.3 is 0 Å². The quantitative estimate of drug-likeness (QED) is 0.879. The van der Waals surface area contributed by atoms with Crippen molar-refractivity contribution in [3.05, 3.63) is 35.4 Å². The first-order valence-electron chi connectivity index (χ1n) is 7.27. The lowest BCUT2D eigenvalue weighted by Crippen LogP contribution is -2.56. The Morgan fingerprint density at radius 3 is 2.39 bits per heavy atom. The molecule has 3 heterocycles. The largest absolute Gasteiger partial charge is 0.306 e. The molecule has 3 aliphatic rings. The SMILES string of the molecule is Cc1ccc([C@H](C)NC2CN3CCC2CC3)cc1. The summed E-state index contributed by atoms with van der Waals surface area (Å²) in [7, 11) is 0. The highest BCUT2D eigenvalue weighted by molar-refractivity contribution is 5.23. The normalized spacial score (nSPS) is 32.4. The molecule has 0 radical (unpaired) electrons. The number of nitrogens with zero attached hydrogens (tertiary/aromatic N) is 1. The second-order valence-electron chi connectivity index (χ2n) is 6.04. The first-order valence-corrected chi connectivity index (χ1v) is 7.27. The van der Waals surface area contributed by atoms with Crippen LogP contribution in [0.4, 0.5) is 0 Å². The van der Waals surface area contributed by atoms with Crippen LogP contribution in [0.25, 0.3) is 0 Å². The zero-order chi connectivity index (χ0) is 12.5. The van der Waals surface area contributed by atoms with Crippen molar-refractivity contribution in [2.24, 2.45) is 5.92 Å². The van der Waals surface area contributed by atoms with Crippen molar-refractivity contribution >= 4 is 0 Å². The van der Waals surface area contributed by atoms with E-state index in [0.717, 1.165) is 5.92 Å². The Bertz CT molecular complexity index is 390. The molecule has 2 bridgehead atoms. The summed E-state index contributed by atoms with van der Waals surface area (Å²) in [5.41, 5.74) is 2.76. The summed E-state index contributed by atoms with van der Waals surface area (Å²) >= 11 is 0. The summed E-state index contributed by atoms with van der Waals surface area (Å²) in [6, 6.07) is 10.1. The molecule has 0 amide bonds. The number of aryl methyl sites for hydroxylation is 1. The Balaban J connectivity index is 1.64. The minimum atomic E-state index is 0.469. The van der Waals surface area contributed by atoms with Crippen molar-refractivity contribution in [2.75, 3.05) is 19.6 Å². The molecule has 3 fully saturated rings. The molecule has 1 aromatic carbocycles. The molecule has 3 saturated heterocycles. The van der Waals surface area contributed by atoms with E-state index < -0.39 is 0 Å². The summed E-state index contributed by atoms with van der Waals surface area (Å²) < 4.78 is 0. The van der Waals surface area contributed by atoms with Gasteiger partial charge in [0, 0.05) is 18.6 Å². The molecule has 98 valence electrons.